The molecule has 2 N–H and O–H groups in total. The van der Waals surface area contributed by atoms with Crippen LogP contribution < -0.4 is 5.73 Å². The Morgan fingerprint density at radius 1 is 1.54 bits per heavy atom. The molecule has 0 fully saturated rings. The zero-order valence-electron chi connectivity index (χ0n) is 7.57. The van der Waals surface area contributed by atoms with E-state index < -0.39 is 0 Å². The first-order valence-electron chi connectivity index (χ1n) is 4.31. The van der Waals surface area contributed by atoms with Gasteiger partial charge in [-0.15, -0.1) is 0 Å². The molecule has 0 saturated heterocycles. The van der Waals surface area contributed by atoms with Crippen LogP contribution in [0, 0.1) is 6.92 Å². The zero-order valence-corrected chi connectivity index (χ0v) is 7.57. The Morgan fingerprint density at radius 3 is 3.15 bits per heavy atom. The van der Waals surface area contributed by atoms with Crippen LogP contribution in [0.5, 0.6) is 0 Å². The van der Waals surface area contributed by atoms with Crippen LogP contribution in [0.15, 0.2) is 18.3 Å². The van der Waals surface area contributed by atoms with Crippen molar-refractivity contribution in [3.05, 3.63) is 29.7 Å². The number of hydrogen-bond donors (Lipinski definition) is 1. The topological polar surface area (TPSA) is 56.2 Å². The van der Waals surface area contributed by atoms with Gasteiger partial charge in [-0.3, -0.25) is 0 Å². The molecule has 2 rings (SSSR count). The molecule has 4 heteroatoms. The lowest BCUT2D eigenvalue weighted by atomic mass is 10.2. The summed E-state index contributed by atoms with van der Waals surface area (Å²) < 4.78 is 1.77. The lowest BCUT2D eigenvalue weighted by Gasteiger charge is -1.97. The molecule has 2 heterocycles. The van der Waals surface area contributed by atoms with Crippen LogP contribution in [0.25, 0.3) is 5.65 Å². The second-order valence-corrected chi connectivity index (χ2v) is 3.04. The average Bonchev–Trinajstić information content (AvgIpc) is 2.44. The molecule has 68 valence electrons. The summed E-state index contributed by atoms with van der Waals surface area (Å²) in [5.41, 5.74) is 7.57. The molecule has 2 aromatic rings. The third-order valence-electron chi connectivity index (χ3n) is 1.94. The zero-order chi connectivity index (χ0) is 9.26. The molecule has 0 unspecified atom stereocenters. The van der Waals surface area contributed by atoms with E-state index in [1.165, 1.54) is 5.56 Å². The Bertz CT molecular complexity index is 418. The van der Waals surface area contributed by atoms with Gasteiger partial charge in [0.15, 0.2) is 5.65 Å². The number of aromatic nitrogens is 3. The van der Waals surface area contributed by atoms with Crippen molar-refractivity contribution in [3.63, 3.8) is 0 Å². The molecular weight excluding hydrogens is 164 g/mol. The SMILES string of the molecule is Cc1nc2cc(CCN)ccn2n1. The number of hydrogen-bond acceptors (Lipinski definition) is 3. The molecule has 0 atom stereocenters. The summed E-state index contributed by atoms with van der Waals surface area (Å²) in [5.74, 6) is 0.796. The fourth-order valence-corrected chi connectivity index (χ4v) is 1.36. The molecular formula is C9H12N4. The van der Waals surface area contributed by atoms with Crippen LogP contribution in [0.4, 0.5) is 0 Å². The number of pyridine rings is 1. The minimum Gasteiger partial charge on any atom is -0.330 e. The van der Waals surface area contributed by atoms with E-state index in [1.807, 2.05) is 25.3 Å². The van der Waals surface area contributed by atoms with Gasteiger partial charge in [-0.05, 0) is 37.6 Å². The Morgan fingerprint density at radius 2 is 2.38 bits per heavy atom. The summed E-state index contributed by atoms with van der Waals surface area (Å²) in [4.78, 5) is 4.27. The average molecular weight is 176 g/mol. The molecule has 0 aliphatic carbocycles. The van der Waals surface area contributed by atoms with E-state index in [1.54, 1.807) is 4.52 Å². The Hall–Kier alpha value is -1.42. The summed E-state index contributed by atoms with van der Waals surface area (Å²) in [6.45, 7) is 2.55. The van der Waals surface area contributed by atoms with Gasteiger partial charge >= 0.3 is 0 Å². The van der Waals surface area contributed by atoms with Crippen LogP contribution in [0.2, 0.25) is 0 Å². The summed E-state index contributed by atoms with van der Waals surface area (Å²) in [6.07, 6.45) is 2.81. The van der Waals surface area contributed by atoms with Gasteiger partial charge in [0.25, 0.3) is 0 Å². The highest BCUT2D eigenvalue weighted by molar-refractivity contribution is 5.40. The van der Waals surface area contributed by atoms with E-state index in [0.717, 1.165) is 17.9 Å². The minimum atomic E-state index is 0.670. The lowest BCUT2D eigenvalue weighted by molar-refractivity contribution is 0.913. The van der Waals surface area contributed by atoms with E-state index in [9.17, 15) is 0 Å². The molecule has 0 spiro atoms. The first-order valence-corrected chi connectivity index (χ1v) is 4.31. The normalized spacial score (nSPS) is 10.9. The Kier molecular flexibility index (Phi) is 1.98. The van der Waals surface area contributed by atoms with E-state index in [4.69, 9.17) is 5.73 Å². The molecule has 0 aromatic carbocycles. The van der Waals surface area contributed by atoms with Crippen LogP contribution in [-0.4, -0.2) is 21.1 Å². The third kappa shape index (κ3) is 1.53. The highest BCUT2D eigenvalue weighted by atomic mass is 15.3. The highest BCUT2D eigenvalue weighted by Crippen LogP contribution is 2.05. The molecule has 2 aromatic heterocycles. The van der Waals surface area contributed by atoms with Gasteiger partial charge in [0.1, 0.15) is 5.82 Å². The Balaban J connectivity index is 2.48. The van der Waals surface area contributed by atoms with Crippen molar-refractivity contribution in [1.29, 1.82) is 0 Å². The number of aryl methyl sites for hydroxylation is 1. The summed E-state index contributed by atoms with van der Waals surface area (Å²) in [6, 6.07) is 4.04. The van der Waals surface area contributed by atoms with Gasteiger partial charge in [0.2, 0.25) is 0 Å². The fraction of sp³-hybridized carbons (Fsp3) is 0.333. The highest BCUT2D eigenvalue weighted by Gasteiger charge is 1.99. The molecule has 0 aliphatic rings. The summed E-state index contributed by atoms with van der Waals surface area (Å²) >= 11 is 0. The number of fused-ring (bicyclic) bond motifs is 1. The fourth-order valence-electron chi connectivity index (χ4n) is 1.36. The monoisotopic (exact) mass is 176 g/mol. The number of nitrogens with two attached hydrogens (primary N) is 1. The molecule has 0 radical (unpaired) electrons. The second kappa shape index (κ2) is 3.14. The van der Waals surface area contributed by atoms with Crippen LogP contribution in [0.3, 0.4) is 0 Å². The van der Waals surface area contributed by atoms with Crippen molar-refractivity contribution in [2.24, 2.45) is 5.73 Å². The van der Waals surface area contributed by atoms with Gasteiger partial charge in [0, 0.05) is 6.20 Å². The summed E-state index contributed by atoms with van der Waals surface area (Å²) in [5, 5.41) is 4.19. The maximum atomic E-state index is 5.47. The molecule has 0 bridgehead atoms. The van der Waals surface area contributed by atoms with Crippen molar-refractivity contribution in [2.45, 2.75) is 13.3 Å². The van der Waals surface area contributed by atoms with Crippen molar-refractivity contribution >= 4 is 5.65 Å². The first kappa shape index (κ1) is 8.19. The predicted octanol–water partition coefficient (Wildman–Crippen LogP) is 0.539. The third-order valence-corrected chi connectivity index (χ3v) is 1.94. The van der Waals surface area contributed by atoms with Crippen molar-refractivity contribution in [3.8, 4) is 0 Å². The van der Waals surface area contributed by atoms with E-state index in [-0.39, 0.29) is 0 Å². The molecule has 0 amide bonds. The molecule has 0 aliphatic heterocycles. The second-order valence-electron chi connectivity index (χ2n) is 3.04. The van der Waals surface area contributed by atoms with Crippen LogP contribution in [-0.2, 0) is 6.42 Å². The lowest BCUT2D eigenvalue weighted by Crippen LogP contribution is -2.03. The largest absolute Gasteiger partial charge is 0.330 e. The maximum absolute atomic E-state index is 5.47. The smallest absolute Gasteiger partial charge is 0.155 e. The molecule has 13 heavy (non-hydrogen) atoms. The first-order chi connectivity index (χ1) is 6.29. The van der Waals surface area contributed by atoms with Gasteiger partial charge in [-0.1, -0.05) is 0 Å². The van der Waals surface area contributed by atoms with Gasteiger partial charge in [-0.25, -0.2) is 9.50 Å². The minimum absolute atomic E-state index is 0.670. The van der Waals surface area contributed by atoms with E-state index in [0.29, 0.717) is 6.54 Å². The van der Waals surface area contributed by atoms with Crippen molar-refractivity contribution in [1.82, 2.24) is 14.6 Å². The number of rotatable bonds is 2. The Labute approximate surface area is 76.4 Å². The van der Waals surface area contributed by atoms with Crippen molar-refractivity contribution < 1.29 is 0 Å². The predicted molar refractivity (Wildman–Crippen MR) is 50.5 cm³/mol. The van der Waals surface area contributed by atoms with Crippen molar-refractivity contribution in [2.75, 3.05) is 6.54 Å². The molecule has 4 nitrogen and oxygen atoms in total. The standard InChI is InChI=1S/C9H12N4/c1-7-11-9-6-8(2-4-10)3-5-13(9)12-7/h3,5-6H,2,4,10H2,1H3. The van der Waals surface area contributed by atoms with Crippen LogP contribution in [0.1, 0.15) is 11.4 Å². The molecule has 0 saturated carbocycles. The number of nitrogens with zero attached hydrogens (tertiary/aromatic N) is 3. The summed E-state index contributed by atoms with van der Waals surface area (Å²) in [7, 11) is 0. The van der Waals surface area contributed by atoms with E-state index >= 15 is 0 Å². The van der Waals surface area contributed by atoms with Crippen LogP contribution >= 0.6 is 0 Å². The quantitative estimate of drug-likeness (QED) is 0.726. The maximum Gasteiger partial charge on any atom is 0.155 e. The van der Waals surface area contributed by atoms with Gasteiger partial charge in [-0.2, -0.15) is 5.10 Å². The van der Waals surface area contributed by atoms with Gasteiger partial charge in [0.05, 0.1) is 0 Å². The van der Waals surface area contributed by atoms with Gasteiger partial charge < -0.3 is 5.73 Å². The van der Waals surface area contributed by atoms with E-state index in [2.05, 4.69) is 10.1 Å².